The molecule has 1 aromatic heterocycles. The third-order valence-corrected chi connectivity index (χ3v) is 7.16. The number of amides is 2. The second kappa shape index (κ2) is 11.4. The van der Waals surface area contributed by atoms with Crippen LogP contribution in [0.1, 0.15) is 61.4 Å². The molecule has 0 spiro atoms. The molecule has 1 N–H and O–H groups in total. The Morgan fingerprint density at radius 1 is 1.11 bits per heavy atom. The van der Waals surface area contributed by atoms with Gasteiger partial charge in [-0.15, -0.1) is 0 Å². The Morgan fingerprint density at radius 3 is 2.42 bits per heavy atom. The molecule has 2 amide bonds. The Kier molecular flexibility index (Phi) is 8.23. The van der Waals surface area contributed by atoms with Gasteiger partial charge in [0, 0.05) is 25.2 Å². The maximum Gasteiger partial charge on any atom is 0.421 e. The SMILES string of the molecule is CC1CCC(C(=O)N(CC(=O)N2CCCC2)c2ccc(Oc3ncccc3C(F)(F)F)cc2C(=O)O)CC1. The van der Waals surface area contributed by atoms with E-state index in [9.17, 15) is 32.7 Å². The van der Waals surface area contributed by atoms with Crippen LogP contribution in [0.2, 0.25) is 0 Å². The number of rotatable bonds is 7. The monoisotopic (exact) mass is 533 g/mol. The second-order valence-corrected chi connectivity index (χ2v) is 9.91. The molecule has 0 bridgehead atoms. The highest BCUT2D eigenvalue weighted by atomic mass is 19.4. The van der Waals surface area contributed by atoms with Crippen molar-refractivity contribution in [1.29, 1.82) is 0 Å². The lowest BCUT2D eigenvalue weighted by Gasteiger charge is -2.32. The molecule has 2 heterocycles. The van der Waals surface area contributed by atoms with Gasteiger partial charge in [0.15, 0.2) is 0 Å². The van der Waals surface area contributed by atoms with Gasteiger partial charge in [-0.25, -0.2) is 9.78 Å². The van der Waals surface area contributed by atoms with E-state index in [1.807, 2.05) is 0 Å². The summed E-state index contributed by atoms with van der Waals surface area (Å²) in [5, 5.41) is 9.98. The van der Waals surface area contributed by atoms with Crippen LogP contribution >= 0.6 is 0 Å². The van der Waals surface area contributed by atoms with E-state index in [1.54, 1.807) is 4.90 Å². The first kappa shape index (κ1) is 27.4. The van der Waals surface area contributed by atoms with Crippen molar-refractivity contribution in [3.05, 3.63) is 47.7 Å². The van der Waals surface area contributed by atoms with Crippen LogP contribution in [-0.2, 0) is 15.8 Å². The number of pyridine rings is 1. The lowest BCUT2D eigenvalue weighted by molar-refractivity contribution is -0.139. The van der Waals surface area contributed by atoms with Crippen LogP contribution in [0.4, 0.5) is 18.9 Å². The van der Waals surface area contributed by atoms with E-state index in [2.05, 4.69) is 11.9 Å². The number of carbonyl (C=O) groups is 3. The number of likely N-dealkylation sites (tertiary alicyclic amines) is 1. The third kappa shape index (κ3) is 6.25. The summed E-state index contributed by atoms with van der Waals surface area (Å²) in [4.78, 5) is 45.5. The van der Waals surface area contributed by atoms with E-state index in [0.29, 0.717) is 31.8 Å². The molecule has 4 rings (SSSR count). The fourth-order valence-electron chi connectivity index (χ4n) is 5.00. The van der Waals surface area contributed by atoms with Gasteiger partial charge in [0.2, 0.25) is 17.7 Å². The lowest BCUT2D eigenvalue weighted by atomic mass is 9.82. The molecule has 38 heavy (non-hydrogen) atoms. The molecule has 1 aromatic carbocycles. The Morgan fingerprint density at radius 2 is 1.79 bits per heavy atom. The number of carbonyl (C=O) groups excluding carboxylic acids is 2. The third-order valence-electron chi connectivity index (χ3n) is 7.16. The summed E-state index contributed by atoms with van der Waals surface area (Å²) in [6, 6.07) is 5.56. The molecule has 2 aliphatic rings. The van der Waals surface area contributed by atoms with E-state index in [1.165, 1.54) is 17.0 Å². The average Bonchev–Trinajstić information content (AvgIpc) is 3.42. The Labute approximate surface area is 218 Å². The second-order valence-electron chi connectivity index (χ2n) is 9.91. The number of benzene rings is 1. The maximum absolute atomic E-state index is 13.7. The topological polar surface area (TPSA) is 100 Å². The van der Waals surface area contributed by atoms with Gasteiger partial charge >= 0.3 is 12.1 Å². The van der Waals surface area contributed by atoms with E-state index in [0.717, 1.165) is 50.1 Å². The average molecular weight is 534 g/mol. The van der Waals surface area contributed by atoms with Gasteiger partial charge in [0.05, 0.1) is 11.3 Å². The van der Waals surface area contributed by atoms with Crippen molar-refractivity contribution in [2.75, 3.05) is 24.5 Å². The summed E-state index contributed by atoms with van der Waals surface area (Å²) in [5.41, 5.74) is -1.47. The van der Waals surface area contributed by atoms with Crippen LogP contribution in [0.15, 0.2) is 36.5 Å². The predicted molar refractivity (Wildman–Crippen MR) is 132 cm³/mol. The fraction of sp³-hybridized carbons (Fsp3) is 0.481. The number of carboxylic acid groups (broad SMARTS) is 1. The quantitative estimate of drug-likeness (QED) is 0.514. The van der Waals surface area contributed by atoms with E-state index in [4.69, 9.17) is 4.74 Å². The zero-order valence-electron chi connectivity index (χ0n) is 21.0. The minimum absolute atomic E-state index is 0.00177. The van der Waals surface area contributed by atoms with Crippen molar-refractivity contribution in [2.45, 2.75) is 51.6 Å². The number of hydrogen-bond donors (Lipinski definition) is 1. The van der Waals surface area contributed by atoms with Gasteiger partial charge < -0.3 is 19.6 Å². The van der Waals surface area contributed by atoms with Gasteiger partial charge in [0.1, 0.15) is 17.9 Å². The molecule has 0 atom stereocenters. The number of aromatic nitrogens is 1. The zero-order valence-corrected chi connectivity index (χ0v) is 21.0. The van der Waals surface area contributed by atoms with Gasteiger partial charge in [-0.1, -0.05) is 6.92 Å². The first-order valence-electron chi connectivity index (χ1n) is 12.7. The summed E-state index contributed by atoms with van der Waals surface area (Å²) >= 11 is 0. The van der Waals surface area contributed by atoms with E-state index >= 15 is 0 Å². The Balaban J connectivity index is 1.68. The summed E-state index contributed by atoms with van der Waals surface area (Å²) in [6.45, 7) is 2.95. The van der Waals surface area contributed by atoms with Crippen LogP contribution in [0.25, 0.3) is 0 Å². The number of halogens is 3. The van der Waals surface area contributed by atoms with E-state index in [-0.39, 0.29) is 41.3 Å². The van der Waals surface area contributed by atoms with Gasteiger partial charge in [0.25, 0.3) is 0 Å². The molecule has 2 aromatic rings. The number of anilines is 1. The van der Waals surface area contributed by atoms with Crippen LogP contribution in [0.3, 0.4) is 0 Å². The summed E-state index contributed by atoms with van der Waals surface area (Å²) in [7, 11) is 0. The van der Waals surface area contributed by atoms with Crippen molar-refractivity contribution in [3.8, 4) is 11.6 Å². The number of nitrogens with zero attached hydrogens (tertiary/aromatic N) is 3. The lowest BCUT2D eigenvalue weighted by Crippen LogP contribution is -2.45. The number of ether oxygens (including phenoxy) is 1. The molecule has 1 aliphatic carbocycles. The molecule has 0 unspecified atom stereocenters. The predicted octanol–water partition coefficient (Wildman–Crippen LogP) is 5.37. The number of aromatic carboxylic acids is 1. The molecule has 1 saturated heterocycles. The van der Waals surface area contributed by atoms with Crippen molar-refractivity contribution in [1.82, 2.24) is 9.88 Å². The van der Waals surface area contributed by atoms with Crippen molar-refractivity contribution >= 4 is 23.5 Å². The highest BCUT2D eigenvalue weighted by Gasteiger charge is 2.36. The van der Waals surface area contributed by atoms with Gasteiger partial charge in [-0.2, -0.15) is 13.2 Å². The highest BCUT2D eigenvalue weighted by Crippen LogP contribution is 2.38. The first-order chi connectivity index (χ1) is 18.0. The zero-order chi connectivity index (χ0) is 27.4. The van der Waals surface area contributed by atoms with Crippen molar-refractivity contribution in [3.63, 3.8) is 0 Å². The Bertz CT molecular complexity index is 1190. The standard InChI is InChI=1S/C27H30F3N3O5/c1-17-6-8-18(9-7-17)25(35)33(16-23(34)32-13-2-3-14-32)22-11-10-19(15-20(22)26(36)37)38-24-21(27(28,29)30)5-4-12-31-24/h4-5,10-12,15,17-18H,2-3,6-9,13-14,16H2,1H3,(H,36,37). The summed E-state index contributed by atoms with van der Waals surface area (Å²) in [5.74, 6) is -2.80. The summed E-state index contributed by atoms with van der Waals surface area (Å²) < 4.78 is 45.5. The molecule has 8 nitrogen and oxygen atoms in total. The van der Waals surface area contributed by atoms with Crippen molar-refractivity contribution in [2.24, 2.45) is 11.8 Å². The molecule has 2 fully saturated rings. The molecule has 11 heteroatoms. The highest BCUT2D eigenvalue weighted by molar-refractivity contribution is 6.05. The molecular weight excluding hydrogens is 503 g/mol. The number of hydrogen-bond acceptors (Lipinski definition) is 5. The first-order valence-corrected chi connectivity index (χ1v) is 12.7. The molecule has 1 aliphatic heterocycles. The fourth-order valence-corrected chi connectivity index (χ4v) is 5.00. The molecular formula is C27H30F3N3O5. The van der Waals surface area contributed by atoms with Crippen LogP contribution in [0, 0.1) is 11.8 Å². The minimum Gasteiger partial charge on any atom is -0.478 e. The number of carboxylic acids is 1. The molecule has 1 saturated carbocycles. The van der Waals surface area contributed by atoms with Crippen LogP contribution in [-0.4, -0.2) is 52.4 Å². The van der Waals surface area contributed by atoms with E-state index < -0.39 is 23.6 Å². The molecule has 0 radical (unpaired) electrons. The smallest absolute Gasteiger partial charge is 0.421 e. The number of alkyl halides is 3. The van der Waals surface area contributed by atoms with Crippen molar-refractivity contribution < 1.29 is 37.4 Å². The van der Waals surface area contributed by atoms with Crippen LogP contribution in [0.5, 0.6) is 11.6 Å². The molecule has 204 valence electrons. The van der Waals surface area contributed by atoms with Crippen LogP contribution < -0.4 is 9.64 Å². The van der Waals surface area contributed by atoms with Gasteiger partial charge in [-0.3, -0.25) is 9.59 Å². The normalized spacial score (nSPS) is 19.7. The largest absolute Gasteiger partial charge is 0.478 e. The maximum atomic E-state index is 13.7. The van der Waals surface area contributed by atoms with Gasteiger partial charge in [-0.05, 0) is 74.8 Å². The minimum atomic E-state index is -4.73. The summed E-state index contributed by atoms with van der Waals surface area (Å²) in [6.07, 6.45) is 1.11. The Hall–Kier alpha value is -3.63.